The van der Waals surface area contributed by atoms with Gasteiger partial charge < -0.3 is 10.6 Å². The van der Waals surface area contributed by atoms with Gasteiger partial charge in [0.05, 0.1) is 0 Å². The number of hydrogen-bond donors (Lipinski definition) is 2. The largest absolute Gasteiger partial charge is 0.340 e. The molecule has 0 spiro atoms. The van der Waals surface area contributed by atoms with Crippen LogP contribution in [0.3, 0.4) is 0 Å². The fraction of sp³-hybridized carbons (Fsp3) is 0.0556. The molecule has 0 aliphatic heterocycles. The number of hydrogen-bond acceptors (Lipinski definition) is 4. The zero-order valence-electron chi connectivity index (χ0n) is 13.0. The Hall–Kier alpha value is -3.28. The van der Waals surface area contributed by atoms with Crippen LogP contribution in [0.2, 0.25) is 0 Å². The van der Waals surface area contributed by atoms with Crippen LogP contribution in [0.4, 0.5) is 21.6 Å². The normalized spacial score (nSPS) is 10.2. The van der Waals surface area contributed by atoms with E-state index in [0.29, 0.717) is 17.1 Å². The number of rotatable bonds is 4. The van der Waals surface area contributed by atoms with E-state index in [1.165, 1.54) is 30.6 Å². The highest BCUT2D eigenvalue weighted by molar-refractivity contribution is 6.04. The number of nitrogens with one attached hydrogen (secondary N) is 2. The van der Waals surface area contributed by atoms with Crippen molar-refractivity contribution in [3.05, 3.63) is 78.0 Å². The number of halogens is 1. The van der Waals surface area contributed by atoms with E-state index in [4.69, 9.17) is 0 Å². The van der Waals surface area contributed by atoms with Gasteiger partial charge in [-0.3, -0.25) is 4.79 Å². The van der Waals surface area contributed by atoms with Crippen LogP contribution in [-0.4, -0.2) is 15.9 Å². The summed E-state index contributed by atoms with van der Waals surface area (Å²) in [6.45, 7) is 1.89. The maximum Gasteiger partial charge on any atom is 0.255 e. The highest BCUT2D eigenvalue weighted by atomic mass is 19.1. The number of aryl methyl sites for hydroxylation is 1. The molecule has 1 amide bonds. The van der Waals surface area contributed by atoms with Crippen LogP contribution < -0.4 is 10.6 Å². The molecule has 0 fully saturated rings. The molecule has 0 atom stereocenters. The van der Waals surface area contributed by atoms with Crippen molar-refractivity contribution in [2.24, 2.45) is 0 Å². The molecule has 0 unspecified atom stereocenters. The van der Waals surface area contributed by atoms with E-state index in [2.05, 4.69) is 20.6 Å². The number of anilines is 3. The van der Waals surface area contributed by atoms with E-state index >= 15 is 0 Å². The van der Waals surface area contributed by atoms with E-state index in [1.807, 2.05) is 25.1 Å². The Morgan fingerprint density at radius 2 is 1.62 bits per heavy atom. The van der Waals surface area contributed by atoms with Gasteiger partial charge in [0.25, 0.3) is 5.91 Å². The molecule has 120 valence electrons. The smallest absolute Gasteiger partial charge is 0.255 e. The van der Waals surface area contributed by atoms with Crippen LogP contribution in [-0.2, 0) is 0 Å². The molecule has 1 aromatic heterocycles. The summed E-state index contributed by atoms with van der Waals surface area (Å²) in [6.07, 6.45) is 1.49. The van der Waals surface area contributed by atoms with Gasteiger partial charge >= 0.3 is 0 Å². The van der Waals surface area contributed by atoms with E-state index in [0.717, 1.165) is 11.4 Å². The van der Waals surface area contributed by atoms with Gasteiger partial charge in [0.2, 0.25) is 0 Å². The Labute approximate surface area is 138 Å². The summed E-state index contributed by atoms with van der Waals surface area (Å²) in [6, 6.07) is 14.4. The second-order valence-corrected chi connectivity index (χ2v) is 5.21. The highest BCUT2D eigenvalue weighted by Crippen LogP contribution is 2.18. The SMILES string of the molecule is Cc1cc(Nc2ccc(NC(=O)c3ccc(F)cc3)cc2)ncn1. The minimum atomic E-state index is -0.373. The van der Waals surface area contributed by atoms with Gasteiger partial charge in [-0.05, 0) is 55.5 Å². The monoisotopic (exact) mass is 322 g/mol. The number of carbonyl (C=O) groups is 1. The minimum absolute atomic E-state index is 0.290. The van der Waals surface area contributed by atoms with Crippen molar-refractivity contribution < 1.29 is 9.18 Å². The first-order chi connectivity index (χ1) is 11.6. The average Bonchev–Trinajstić information content (AvgIpc) is 2.57. The molecular weight excluding hydrogens is 307 g/mol. The number of amides is 1. The molecule has 5 nitrogen and oxygen atoms in total. The first kappa shape index (κ1) is 15.6. The maximum absolute atomic E-state index is 12.9. The molecule has 0 radical (unpaired) electrons. The first-order valence-electron chi connectivity index (χ1n) is 7.33. The fourth-order valence-corrected chi connectivity index (χ4v) is 2.11. The van der Waals surface area contributed by atoms with Gasteiger partial charge in [-0.25, -0.2) is 14.4 Å². The van der Waals surface area contributed by atoms with Crippen molar-refractivity contribution in [3.63, 3.8) is 0 Å². The van der Waals surface area contributed by atoms with Crippen molar-refractivity contribution in [3.8, 4) is 0 Å². The minimum Gasteiger partial charge on any atom is -0.340 e. The standard InChI is InChI=1S/C18H15FN4O/c1-12-10-17(21-11-20-12)22-15-6-8-16(9-7-15)23-18(24)13-2-4-14(19)5-3-13/h2-11H,1H3,(H,23,24)(H,20,21,22). The third kappa shape index (κ3) is 3.92. The summed E-state index contributed by atoms with van der Waals surface area (Å²) in [5.74, 6) is 0.0367. The first-order valence-corrected chi connectivity index (χ1v) is 7.33. The van der Waals surface area contributed by atoms with Gasteiger partial charge in [0, 0.05) is 28.7 Å². The number of aromatic nitrogens is 2. The summed E-state index contributed by atoms with van der Waals surface area (Å²) < 4.78 is 12.9. The lowest BCUT2D eigenvalue weighted by Gasteiger charge is -2.08. The topological polar surface area (TPSA) is 66.9 Å². The van der Waals surface area contributed by atoms with Crippen LogP contribution in [0.1, 0.15) is 16.1 Å². The summed E-state index contributed by atoms with van der Waals surface area (Å²) in [5, 5.41) is 5.92. The Morgan fingerprint density at radius 3 is 2.29 bits per heavy atom. The van der Waals surface area contributed by atoms with Crippen LogP contribution in [0, 0.1) is 12.7 Å². The predicted molar refractivity (Wildman–Crippen MR) is 90.8 cm³/mol. The quantitative estimate of drug-likeness (QED) is 0.764. The van der Waals surface area contributed by atoms with Gasteiger partial charge in [-0.2, -0.15) is 0 Å². The van der Waals surface area contributed by atoms with Gasteiger partial charge in [-0.1, -0.05) is 0 Å². The third-order valence-corrected chi connectivity index (χ3v) is 3.33. The van der Waals surface area contributed by atoms with Crippen molar-refractivity contribution in [1.29, 1.82) is 0 Å². The molecule has 2 N–H and O–H groups in total. The predicted octanol–water partition coefficient (Wildman–Crippen LogP) is 3.92. The van der Waals surface area contributed by atoms with Gasteiger partial charge in [-0.15, -0.1) is 0 Å². The summed E-state index contributed by atoms with van der Waals surface area (Å²) in [4.78, 5) is 20.2. The lowest BCUT2D eigenvalue weighted by Crippen LogP contribution is -2.11. The number of benzene rings is 2. The Kier molecular flexibility index (Phi) is 4.47. The molecular formula is C18H15FN4O. The lowest BCUT2D eigenvalue weighted by atomic mass is 10.2. The summed E-state index contributed by atoms with van der Waals surface area (Å²) >= 11 is 0. The highest BCUT2D eigenvalue weighted by Gasteiger charge is 2.06. The van der Waals surface area contributed by atoms with E-state index in [-0.39, 0.29) is 11.7 Å². The summed E-state index contributed by atoms with van der Waals surface area (Å²) in [7, 11) is 0. The molecule has 6 heteroatoms. The molecule has 0 aliphatic carbocycles. The van der Waals surface area contributed by atoms with E-state index in [9.17, 15) is 9.18 Å². The second kappa shape index (κ2) is 6.87. The molecule has 2 aromatic carbocycles. The average molecular weight is 322 g/mol. The van der Waals surface area contributed by atoms with E-state index in [1.54, 1.807) is 12.1 Å². The molecule has 0 aliphatic rings. The van der Waals surface area contributed by atoms with Crippen molar-refractivity contribution in [2.45, 2.75) is 6.92 Å². The Bertz CT molecular complexity index is 848. The zero-order valence-corrected chi connectivity index (χ0v) is 13.0. The fourth-order valence-electron chi connectivity index (χ4n) is 2.11. The Balaban J connectivity index is 1.66. The number of nitrogens with zero attached hydrogens (tertiary/aromatic N) is 2. The maximum atomic E-state index is 12.9. The van der Waals surface area contributed by atoms with Crippen molar-refractivity contribution in [1.82, 2.24) is 9.97 Å². The van der Waals surface area contributed by atoms with Crippen LogP contribution in [0.15, 0.2) is 60.9 Å². The summed E-state index contributed by atoms with van der Waals surface area (Å²) in [5.41, 5.74) is 2.76. The second-order valence-electron chi connectivity index (χ2n) is 5.21. The van der Waals surface area contributed by atoms with Crippen molar-refractivity contribution >= 4 is 23.1 Å². The van der Waals surface area contributed by atoms with Crippen LogP contribution in [0.5, 0.6) is 0 Å². The van der Waals surface area contributed by atoms with E-state index < -0.39 is 0 Å². The molecule has 0 saturated heterocycles. The molecule has 3 aromatic rings. The van der Waals surface area contributed by atoms with Gasteiger partial charge in [0.15, 0.2) is 0 Å². The van der Waals surface area contributed by atoms with Gasteiger partial charge in [0.1, 0.15) is 18.0 Å². The van der Waals surface area contributed by atoms with Crippen LogP contribution in [0.25, 0.3) is 0 Å². The Morgan fingerprint density at radius 1 is 0.958 bits per heavy atom. The molecule has 3 rings (SSSR count). The number of carbonyl (C=O) groups excluding carboxylic acids is 1. The zero-order chi connectivity index (χ0) is 16.9. The molecule has 24 heavy (non-hydrogen) atoms. The molecule has 0 bridgehead atoms. The molecule has 0 saturated carbocycles. The van der Waals surface area contributed by atoms with Crippen LogP contribution >= 0.6 is 0 Å². The lowest BCUT2D eigenvalue weighted by molar-refractivity contribution is 0.102. The molecule has 1 heterocycles. The third-order valence-electron chi connectivity index (χ3n) is 3.33. The van der Waals surface area contributed by atoms with Crippen molar-refractivity contribution in [2.75, 3.05) is 10.6 Å².